The summed E-state index contributed by atoms with van der Waals surface area (Å²) in [7, 11) is -3.16. The quantitative estimate of drug-likeness (QED) is 0.823. The molecule has 0 fully saturated rings. The van der Waals surface area contributed by atoms with Crippen LogP contribution in [-0.2, 0) is 21.2 Å². The molecule has 0 aliphatic rings. The number of carbonyl (C=O) groups is 1. The first-order valence-corrected chi connectivity index (χ1v) is 9.12. The van der Waals surface area contributed by atoms with Gasteiger partial charge < -0.3 is 15.5 Å². The van der Waals surface area contributed by atoms with Gasteiger partial charge in [-0.05, 0) is 31.5 Å². The number of hydrogen-bond donors (Lipinski definition) is 2. The van der Waals surface area contributed by atoms with Crippen molar-refractivity contribution in [2.24, 2.45) is 5.73 Å². The fourth-order valence-electron chi connectivity index (χ4n) is 2.18. The highest BCUT2D eigenvalue weighted by Crippen LogP contribution is 2.25. The summed E-state index contributed by atoms with van der Waals surface area (Å²) in [6.45, 7) is 1.88. The topological polar surface area (TPSA) is 102 Å². The van der Waals surface area contributed by atoms with Crippen molar-refractivity contribution in [2.45, 2.75) is 25.9 Å². The van der Waals surface area contributed by atoms with E-state index in [1.807, 2.05) is 0 Å². The van der Waals surface area contributed by atoms with E-state index in [2.05, 4.69) is 5.32 Å². The number of fused-ring (bicyclic) bond motifs is 1. The van der Waals surface area contributed by atoms with E-state index < -0.39 is 21.8 Å². The van der Waals surface area contributed by atoms with Crippen molar-refractivity contribution in [3.8, 4) is 0 Å². The Hall–Kier alpha value is -1.93. The van der Waals surface area contributed by atoms with Crippen LogP contribution < -0.4 is 11.1 Å². The van der Waals surface area contributed by atoms with Crippen LogP contribution in [0.15, 0.2) is 22.6 Å². The van der Waals surface area contributed by atoms with Crippen LogP contribution in [0.2, 0.25) is 0 Å². The van der Waals surface area contributed by atoms with Crippen molar-refractivity contribution in [1.82, 2.24) is 5.32 Å². The largest absolute Gasteiger partial charge is 0.459 e. The summed E-state index contributed by atoms with van der Waals surface area (Å²) in [5.74, 6) is -0.460. The maximum absolute atomic E-state index is 13.2. The summed E-state index contributed by atoms with van der Waals surface area (Å²) >= 11 is 0. The second kappa shape index (κ2) is 6.67. The molecule has 1 atom stereocenters. The van der Waals surface area contributed by atoms with E-state index in [0.29, 0.717) is 16.7 Å². The lowest BCUT2D eigenvalue weighted by molar-refractivity contribution is -0.122. The molecular weight excluding hydrogens is 323 g/mol. The molecule has 0 aliphatic carbocycles. The molecule has 0 radical (unpaired) electrons. The number of sulfone groups is 1. The Kier molecular flexibility index (Phi) is 5.06. The zero-order chi connectivity index (χ0) is 17.2. The second-order valence-electron chi connectivity index (χ2n) is 5.53. The zero-order valence-electron chi connectivity index (χ0n) is 12.9. The molecule has 23 heavy (non-hydrogen) atoms. The molecule has 1 aromatic carbocycles. The third-order valence-electron chi connectivity index (χ3n) is 3.56. The highest BCUT2D eigenvalue weighted by Gasteiger charge is 2.17. The van der Waals surface area contributed by atoms with E-state index in [0.717, 1.165) is 11.8 Å². The average Bonchev–Trinajstić information content (AvgIpc) is 2.78. The minimum Gasteiger partial charge on any atom is -0.459 e. The molecule has 1 unspecified atom stereocenters. The minimum absolute atomic E-state index is 0.0506. The number of nitrogens with two attached hydrogens (primary N) is 1. The summed E-state index contributed by atoms with van der Waals surface area (Å²) in [4.78, 5) is 11.9. The Labute approximate surface area is 133 Å². The Morgan fingerprint density at radius 3 is 2.78 bits per heavy atom. The number of amides is 1. The van der Waals surface area contributed by atoms with Gasteiger partial charge in [-0.15, -0.1) is 0 Å². The molecule has 0 saturated carbocycles. The van der Waals surface area contributed by atoms with Gasteiger partial charge in [0.15, 0.2) is 0 Å². The molecule has 2 aromatic rings. The van der Waals surface area contributed by atoms with E-state index in [9.17, 15) is 17.6 Å². The molecule has 2 rings (SSSR count). The lowest BCUT2D eigenvalue weighted by atomic mass is 10.1. The Balaban J connectivity index is 2.00. The van der Waals surface area contributed by atoms with Gasteiger partial charge in [-0.1, -0.05) is 0 Å². The summed E-state index contributed by atoms with van der Waals surface area (Å²) in [5.41, 5.74) is 6.94. The molecule has 1 aromatic heterocycles. The SMILES string of the molecule is Cc1c(CNC(=O)C(N)CCS(C)(=O)=O)oc2ccc(F)cc12. The first-order chi connectivity index (χ1) is 10.7. The van der Waals surface area contributed by atoms with Crippen molar-refractivity contribution in [3.05, 3.63) is 35.3 Å². The molecule has 0 spiro atoms. The third-order valence-corrected chi connectivity index (χ3v) is 4.53. The van der Waals surface area contributed by atoms with Gasteiger partial charge in [0.05, 0.1) is 18.3 Å². The fraction of sp³-hybridized carbons (Fsp3) is 0.400. The van der Waals surface area contributed by atoms with Gasteiger partial charge in [0.25, 0.3) is 0 Å². The van der Waals surface area contributed by atoms with Crippen molar-refractivity contribution < 1.29 is 22.0 Å². The Morgan fingerprint density at radius 2 is 2.13 bits per heavy atom. The Bertz CT molecular complexity index is 829. The van der Waals surface area contributed by atoms with E-state index in [1.54, 1.807) is 6.92 Å². The number of halogens is 1. The van der Waals surface area contributed by atoms with Gasteiger partial charge >= 0.3 is 0 Å². The molecule has 0 saturated heterocycles. The van der Waals surface area contributed by atoms with E-state index >= 15 is 0 Å². The van der Waals surface area contributed by atoms with Crippen molar-refractivity contribution in [1.29, 1.82) is 0 Å². The van der Waals surface area contributed by atoms with E-state index in [4.69, 9.17) is 10.2 Å². The summed E-state index contributed by atoms with van der Waals surface area (Å²) in [5, 5.41) is 3.25. The molecule has 6 nitrogen and oxygen atoms in total. The van der Waals surface area contributed by atoms with Gasteiger partial charge in [0.2, 0.25) is 5.91 Å². The minimum atomic E-state index is -3.16. The summed E-state index contributed by atoms with van der Waals surface area (Å²) in [6, 6.07) is 3.29. The lowest BCUT2D eigenvalue weighted by Gasteiger charge is -2.11. The van der Waals surface area contributed by atoms with Gasteiger partial charge in [-0.3, -0.25) is 4.79 Å². The molecule has 1 heterocycles. The predicted molar refractivity (Wildman–Crippen MR) is 85.1 cm³/mol. The van der Waals surface area contributed by atoms with Crippen LogP contribution in [0.25, 0.3) is 11.0 Å². The van der Waals surface area contributed by atoms with Crippen LogP contribution in [0.4, 0.5) is 4.39 Å². The molecule has 8 heteroatoms. The molecule has 3 N–H and O–H groups in total. The predicted octanol–water partition coefficient (Wildman–Crippen LogP) is 1.26. The smallest absolute Gasteiger partial charge is 0.237 e. The van der Waals surface area contributed by atoms with Crippen LogP contribution in [0.1, 0.15) is 17.7 Å². The first-order valence-electron chi connectivity index (χ1n) is 7.06. The van der Waals surface area contributed by atoms with Gasteiger partial charge in [0.1, 0.15) is 27.0 Å². The standard InChI is InChI=1S/C15H19FN2O4S/c1-9-11-7-10(16)3-4-13(11)22-14(9)8-18-15(19)12(17)5-6-23(2,20)21/h3-4,7,12H,5-6,8,17H2,1-2H3,(H,18,19). The molecule has 0 bridgehead atoms. The van der Waals surface area contributed by atoms with Crippen LogP contribution in [0, 0.1) is 12.7 Å². The van der Waals surface area contributed by atoms with E-state index in [-0.39, 0.29) is 24.5 Å². The van der Waals surface area contributed by atoms with Gasteiger partial charge in [0, 0.05) is 17.2 Å². The van der Waals surface area contributed by atoms with Gasteiger partial charge in [-0.25, -0.2) is 12.8 Å². The average molecular weight is 342 g/mol. The number of nitrogens with one attached hydrogen (secondary N) is 1. The lowest BCUT2D eigenvalue weighted by Crippen LogP contribution is -2.41. The normalized spacial score (nSPS) is 13.2. The molecule has 0 aliphatic heterocycles. The zero-order valence-corrected chi connectivity index (χ0v) is 13.7. The monoisotopic (exact) mass is 342 g/mol. The molecular formula is C15H19FN2O4S. The molecule has 1 amide bonds. The number of carbonyl (C=O) groups excluding carboxylic acids is 1. The van der Waals surface area contributed by atoms with Crippen molar-refractivity contribution >= 4 is 26.7 Å². The van der Waals surface area contributed by atoms with Crippen LogP contribution in [0.5, 0.6) is 0 Å². The number of aryl methyl sites for hydroxylation is 1. The van der Waals surface area contributed by atoms with Crippen molar-refractivity contribution in [2.75, 3.05) is 12.0 Å². The van der Waals surface area contributed by atoms with Crippen LogP contribution in [0.3, 0.4) is 0 Å². The fourth-order valence-corrected chi connectivity index (χ4v) is 2.87. The highest BCUT2D eigenvalue weighted by molar-refractivity contribution is 7.90. The number of hydrogen-bond acceptors (Lipinski definition) is 5. The maximum atomic E-state index is 13.2. The number of furan rings is 1. The Morgan fingerprint density at radius 1 is 1.43 bits per heavy atom. The first kappa shape index (κ1) is 17.4. The van der Waals surface area contributed by atoms with Crippen LogP contribution in [-0.4, -0.2) is 32.4 Å². The summed E-state index contributed by atoms with van der Waals surface area (Å²) < 4.78 is 41.0. The van der Waals surface area contributed by atoms with Crippen molar-refractivity contribution in [3.63, 3.8) is 0 Å². The molecule has 126 valence electrons. The highest BCUT2D eigenvalue weighted by atomic mass is 32.2. The van der Waals surface area contributed by atoms with E-state index in [1.165, 1.54) is 18.2 Å². The second-order valence-corrected chi connectivity index (χ2v) is 7.79. The maximum Gasteiger partial charge on any atom is 0.237 e. The number of benzene rings is 1. The van der Waals surface area contributed by atoms with Crippen LogP contribution >= 0.6 is 0 Å². The summed E-state index contributed by atoms with van der Waals surface area (Å²) in [6.07, 6.45) is 1.14. The van der Waals surface area contributed by atoms with Gasteiger partial charge in [-0.2, -0.15) is 0 Å². The number of rotatable bonds is 6. The third kappa shape index (κ3) is 4.52.